The number of hydrogen-bond acceptors (Lipinski definition) is 4. The van der Waals surface area contributed by atoms with E-state index in [-0.39, 0.29) is 0 Å². The molecule has 0 heterocycles. The van der Waals surface area contributed by atoms with E-state index >= 15 is 0 Å². The highest BCUT2D eigenvalue weighted by molar-refractivity contribution is 6.36. The summed E-state index contributed by atoms with van der Waals surface area (Å²) in [6.07, 6.45) is -0.773. The van der Waals surface area contributed by atoms with Gasteiger partial charge in [0.2, 0.25) is 5.78 Å². The van der Waals surface area contributed by atoms with Gasteiger partial charge in [0.1, 0.15) is 12.1 Å². The topological polar surface area (TPSA) is 88.5 Å². The summed E-state index contributed by atoms with van der Waals surface area (Å²) in [6.45, 7) is 0. The fourth-order valence-corrected chi connectivity index (χ4v) is 0.420. The van der Waals surface area contributed by atoms with Crippen molar-refractivity contribution in [1.82, 2.24) is 0 Å². The molecule has 0 atom stereocenters. The predicted octanol–water partition coefficient (Wildman–Crippen LogP) is -0.812. The van der Waals surface area contributed by atoms with Gasteiger partial charge in [0.15, 0.2) is 0 Å². The van der Waals surface area contributed by atoms with Crippen LogP contribution in [0.15, 0.2) is 0 Å². The van der Waals surface area contributed by atoms with Gasteiger partial charge in [0, 0.05) is 0 Å². The van der Waals surface area contributed by atoms with Crippen LogP contribution in [0, 0.1) is 0 Å². The van der Waals surface area contributed by atoms with Crippen LogP contribution in [0.5, 0.6) is 0 Å². The van der Waals surface area contributed by atoms with E-state index in [0.29, 0.717) is 6.29 Å². The fourth-order valence-electron chi connectivity index (χ4n) is 0.420. The van der Waals surface area contributed by atoms with Crippen LogP contribution in [0.4, 0.5) is 0 Å². The Morgan fingerprint density at radius 1 is 1.27 bits per heavy atom. The van der Waals surface area contributed by atoms with E-state index in [1.165, 1.54) is 0 Å². The van der Waals surface area contributed by atoms with Crippen molar-refractivity contribution in [2.75, 3.05) is 0 Å². The molecule has 0 radical (unpaired) electrons. The summed E-state index contributed by atoms with van der Waals surface area (Å²) >= 11 is 0. The molecule has 11 heavy (non-hydrogen) atoms. The van der Waals surface area contributed by atoms with E-state index in [2.05, 4.69) is 0 Å². The second-order valence-corrected chi connectivity index (χ2v) is 1.81. The molecule has 5 heteroatoms. The highest BCUT2D eigenvalue weighted by Crippen LogP contribution is 1.89. The summed E-state index contributed by atoms with van der Waals surface area (Å²) in [6, 6.07) is 0. The third kappa shape index (κ3) is 3.96. The average molecular weight is 158 g/mol. The molecule has 1 N–H and O–H groups in total. The van der Waals surface area contributed by atoms with Crippen LogP contribution in [0.25, 0.3) is 0 Å². The van der Waals surface area contributed by atoms with Gasteiger partial charge in [-0.3, -0.25) is 9.59 Å². The van der Waals surface area contributed by atoms with E-state index in [4.69, 9.17) is 5.11 Å². The molecular weight excluding hydrogens is 152 g/mol. The second kappa shape index (κ2) is 4.32. The van der Waals surface area contributed by atoms with E-state index in [0.717, 1.165) is 0 Å². The highest BCUT2D eigenvalue weighted by atomic mass is 16.4. The van der Waals surface area contributed by atoms with Gasteiger partial charge >= 0.3 is 5.97 Å². The largest absolute Gasteiger partial charge is 0.475 e. The molecule has 0 fully saturated rings. The molecule has 0 rings (SSSR count). The second-order valence-electron chi connectivity index (χ2n) is 1.81. The van der Waals surface area contributed by atoms with Crippen molar-refractivity contribution in [2.45, 2.75) is 12.8 Å². The summed E-state index contributed by atoms with van der Waals surface area (Å²) in [5.41, 5.74) is 0. The fraction of sp³-hybridized carbons (Fsp3) is 0.333. The van der Waals surface area contributed by atoms with Gasteiger partial charge in [0.25, 0.3) is 0 Å². The van der Waals surface area contributed by atoms with Crippen LogP contribution in [-0.4, -0.2) is 28.9 Å². The normalized spacial score (nSPS) is 8.73. The van der Waals surface area contributed by atoms with E-state index in [9.17, 15) is 19.2 Å². The number of carbonyl (C=O) groups excluding carboxylic acids is 3. The molecule has 0 unspecified atom stereocenters. The summed E-state index contributed by atoms with van der Waals surface area (Å²) in [5, 5.41) is 8.01. The molecule has 0 aliphatic carbocycles. The zero-order chi connectivity index (χ0) is 8.85. The van der Waals surface area contributed by atoms with Crippen molar-refractivity contribution in [3.05, 3.63) is 0 Å². The third-order valence-corrected chi connectivity index (χ3v) is 0.907. The highest BCUT2D eigenvalue weighted by Gasteiger charge is 2.15. The zero-order valence-corrected chi connectivity index (χ0v) is 5.57. The molecule has 0 aromatic carbocycles. The zero-order valence-electron chi connectivity index (χ0n) is 5.57. The van der Waals surface area contributed by atoms with Gasteiger partial charge in [-0.2, -0.15) is 0 Å². The first-order valence-corrected chi connectivity index (χ1v) is 2.79. The minimum Gasteiger partial charge on any atom is -0.475 e. The lowest BCUT2D eigenvalue weighted by Crippen LogP contribution is -2.16. The van der Waals surface area contributed by atoms with Crippen molar-refractivity contribution in [3.63, 3.8) is 0 Å². The summed E-state index contributed by atoms with van der Waals surface area (Å²) in [4.78, 5) is 40.3. The third-order valence-electron chi connectivity index (χ3n) is 0.907. The number of carboxylic acids is 1. The van der Waals surface area contributed by atoms with Crippen molar-refractivity contribution in [2.24, 2.45) is 0 Å². The van der Waals surface area contributed by atoms with Gasteiger partial charge in [-0.1, -0.05) is 0 Å². The van der Waals surface area contributed by atoms with Gasteiger partial charge < -0.3 is 9.90 Å². The van der Waals surface area contributed by atoms with Gasteiger partial charge in [-0.15, -0.1) is 0 Å². The maximum atomic E-state index is 10.4. The van der Waals surface area contributed by atoms with Crippen molar-refractivity contribution >= 4 is 23.8 Å². The molecule has 0 spiro atoms. The molecule has 0 saturated carbocycles. The Hall–Kier alpha value is -1.52. The van der Waals surface area contributed by atoms with E-state index in [1.54, 1.807) is 0 Å². The number of carbonyl (C=O) groups is 4. The first-order valence-electron chi connectivity index (χ1n) is 2.79. The molecule has 60 valence electrons. The maximum Gasteiger partial charge on any atom is 0.372 e. The lowest BCUT2D eigenvalue weighted by Gasteiger charge is -1.89. The first kappa shape index (κ1) is 9.48. The predicted molar refractivity (Wildman–Crippen MR) is 32.9 cm³/mol. The number of aldehydes is 1. The Morgan fingerprint density at radius 3 is 2.18 bits per heavy atom. The molecule has 0 aromatic heterocycles. The number of aliphatic carboxylic acids is 1. The van der Waals surface area contributed by atoms with Crippen LogP contribution in [0.1, 0.15) is 12.8 Å². The Morgan fingerprint density at radius 2 is 1.82 bits per heavy atom. The number of carboxylic acid groups (broad SMARTS) is 1. The monoisotopic (exact) mass is 158 g/mol. The number of hydrogen-bond donors (Lipinski definition) is 1. The minimum absolute atomic E-state index is 0.331. The average Bonchev–Trinajstić information content (AvgIpc) is 1.87. The standard InChI is InChI=1S/C6H6O5/c7-2-1-4(8)3-5(9)6(10)11/h2H,1,3H2,(H,10,11). The SMILES string of the molecule is O=CCC(=O)CC(=O)C(=O)O. The maximum absolute atomic E-state index is 10.4. The van der Waals surface area contributed by atoms with E-state index < -0.39 is 30.4 Å². The van der Waals surface area contributed by atoms with Crippen molar-refractivity contribution in [3.8, 4) is 0 Å². The smallest absolute Gasteiger partial charge is 0.372 e. The number of ketones is 2. The molecule has 0 amide bonds. The van der Waals surface area contributed by atoms with Crippen LogP contribution >= 0.6 is 0 Å². The Bertz CT molecular complexity index is 205. The van der Waals surface area contributed by atoms with Crippen LogP contribution in [0.2, 0.25) is 0 Å². The minimum atomic E-state index is -1.65. The van der Waals surface area contributed by atoms with Crippen LogP contribution in [0.3, 0.4) is 0 Å². The van der Waals surface area contributed by atoms with Crippen LogP contribution < -0.4 is 0 Å². The molecule has 0 aliphatic heterocycles. The Kier molecular flexibility index (Phi) is 3.72. The summed E-state index contributed by atoms with van der Waals surface area (Å²) < 4.78 is 0. The molecule has 0 saturated heterocycles. The quantitative estimate of drug-likeness (QED) is 0.321. The Labute approximate surface area is 62.0 Å². The molecular formula is C6H6O5. The lowest BCUT2D eigenvalue weighted by atomic mass is 10.2. The van der Waals surface area contributed by atoms with E-state index in [1.807, 2.05) is 0 Å². The molecule has 0 aliphatic rings. The van der Waals surface area contributed by atoms with Gasteiger partial charge in [-0.05, 0) is 0 Å². The van der Waals surface area contributed by atoms with Crippen molar-refractivity contribution in [1.29, 1.82) is 0 Å². The summed E-state index contributed by atoms with van der Waals surface area (Å²) in [7, 11) is 0. The van der Waals surface area contributed by atoms with Gasteiger partial charge in [0.05, 0.1) is 12.8 Å². The Balaban J connectivity index is 3.85. The first-order chi connectivity index (χ1) is 5.07. The van der Waals surface area contributed by atoms with Gasteiger partial charge in [-0.25, -0.2) is 4.79 Å². The summed E-state index contributed by atoms with van der Waals surface area (Å²) in [5.74, 6) is -3.51. The molecule has 0 bridgehead atoms. The van der Waals surface area contributed by atoms with Crippen molar-refractivity contribution < 1.29 is 24.3 Å². The molecule has 0 aromatic rings. The molecule has 5 nitrogen and oxygen atoms in total. The van der Waals surface area contributed by atoms with Crippen LogP contribution in [-0.2, 0) is 19.2 Å². The lowest BCUT2D eigenvalue weighted by molar-refractivity contribution is -0.150. The number of rotatable bonds is 5. The number of Topliss-reactive ketones (excluding diaryl/α,β-unsaturated/α-hetero) is 2.